The molecule has 0 radical (unpaired) electrons. The van der Waals surface area contributed by atoms with Crippen LogP contribution in [0.1, 0.15) is 23.2 Å². The average molecular weight is 359 g/mol. The standard InChI is InChI=1S/C17H17N3O2S2/c1-20(17-19-13-5-2-3-6-14(13)24-17)15(21)7-4-9-18-16(22)12-8-10-23-11-12/h2-3,5-6,8,10-11H,4,7,9H2,1H3,(H,18,22). The second-order valence-corrected chi connectivity index (χ2v) is 7.08. The van der Waals surface area contributed by atoms with Gasteiger partial charge in [-0.3, -0.25) is 14.5 Å². The molecule has 2 aromatic heterocycles. The number of carbonyl (C=O) groups excluding carboxylic acids is 2. The van der Waals surface area contributed by atoms with Gasteiger partial charge in [0.1, 0.15) is 0 Å². The second kappa shape index (κ2) is 7.55. The molecule has 0 bridgehead atoms. The van der Waals surface area contributed by atoms with Gasteiger partial charge in [-0.05, 0) is 30.0 Å². The van der Waals surface area contributed by atoms with Crippen molar-refractivity contribution < 1.29 is 9.59 Å². The van der Waals surface area contributed by atoms with Crippen LogP contribution in [0.2, 0.25) is 0 Å². The normalized spacial score (nSPS) is 10.7. The molecule has 1 aromatic carbocycles. The van der Waals surface area contributed by atoms with Gasteiger partial charge in [0.25, 0.3) is 5.91 Å². The molecule has 0 aliphatic heterocycles. The molecule has 5 nitrogen and oxygen atoms in total. The zero-order valence-electron chi connectivity index (χ0n) is 13.2. The maximum atomic E-state index is 12.3. The Bertz CT molecular complexity index is 810. The number of amides is 2. The van der Waals surface area contributed by atoms with E-state index in [9.17, 15) is 9.59 Å². The van der Waals surface area contributed by atoms with Gasteiger partial charge in [-0.1, -0.05) is 23.5 Å². The van der Waals surface area contributed by atoms with Gasteiger partial charge < -0.3 is 5.32 Å². The van der Waals surface area contributed by atoms with E-state index < -0.39 is 0 Å². The predicted molar refractivity (Wildman–Crippen MR) is 98.9 cm³/mol. The topological polar surface area (TPSA) is 62.3 Å². The summed E-state index contributed by atoms with van der Waals surface area (Å²) >= 11 is 2.99. The number of fused-ring (bicyclic) bond motifs is 1. The summed E-state index contributed by atoms with van der Waals surface area (Å²) in [6, 6.07) is 9.61. The van der Waals surface area contributed by atoms with E-state index in [0.717, 1.165) is 10.2 Å². The number of para-hydroxylation sites is 1. The van der Waals surface area contributed by atoms with Gasteiger partial charge >= 0.3 is 0 Å². The number of carbonyl (C=O) groups is 2. The van der Waals surface area contributed by atoms with Crippen LogP contribution < -0.4 is 10.2 Å². The lowest BCUT2D eigenvalue weighted by molar-refractivity contribution is -0.118. The average Bonchev–Trinajstić information content (AvgIpc) is 3.26. The van der Waals surface area contributed by atoms with Crippen LogP contribution in [0, 0.1) is 0 Å². The van der Waals surface area contributed by atoms with E-state index in [1.807, 2.05) is 29.6 Å². The van der Waals surface area contributed by atoms with Crippen LogP contribution in [0.4, 0.5) is 5.13 Å². The van der Waals surface area contributed by atoms with Crippen molar-refractivity contribution in [1.82, 2.24) is 10.3 Å². The third kappa shape index (κ3) is 3.80. The highest BCUT2D eigenvalue weighted by Crippen LogP contribution is 2.28. The van der Waals surface area contributed by atoms with Crippen LogP contribution >= 0.6 is 22.7 Å². The monoisotopic (exact) mass is 359 g/mol. The third-order valence-electron chi connectivity index (χ3n) is 3.58. The molecule has 0 atom stereocenters. The van der Waals surface area contributed by atoms with Crippen LogP contribution in [-0.4, -0.2) is 30.4 Å². The summed E-state index contributed by atoms with van der Waals surface area (Å²) in [6.07, 6.45) is 0.973. The summed E-state index contributed by atoms with van der Waals surface area (Å²) in [6.45, 7) is 0.480. The Kier molecular flexibility index (Phi) is 5.22. The maximum absolute atomic E-state index is 12.3. The molecule has 0 saturated heterocycles. The van der Waals surface area contributed by atoms with E-state index in [4.69, 9.17) is 0 Å². The number of nitrogens with one attached hydrogen (secondary N) is 1. The fraction of sp³-hybridized carbons (Fsp3) is 0.235. The maximum Gasteiger partial charge on any atom is 0.252 e. The first-order valence-electron chi connectivity index (χ1n) is 7.57. The molecular formula is C17H17N3O2S2. The van der Waals surface area contributed by atoms with Gasteiger partial charge in [-0.15, -0.1) is 0 Å². The number of benzene rings is 1. The van der Waals surface area contributed by atoms with Gasteiger partial charge in [0, 0.05) is 31.0 Å². The van der Waals surface area contributed by atoms with E-state index in [1.54, 1.807) is 23.4 Å². The second-order valence-electron chi connectivity index (χ2n) is 5.29. The summed E-state index contributed by atoms with van der Waals surface area (Å²) in [5, 5.41) is 7.20. The molecule has 0 unspecified atom stereocenters. The highest BCUT2D eigenvalue weighted by atomic mass is 32.1. The number of rotatable bonds is 6. The minimum absolute atomic E-state index is 0.00108. The van der Waals surface area contributed by atoms with Crippen molar-refractivity contribution in [2.45, 2.75) is 12.8 Å². The Morgan fingerprint density at radius 2 is 2.08 bits per heavy atom. The molecule has 2 heterocycles. The molecule has 1 N–H and O–H groups in total. The van der Waals surface area contributed by atoms with Crippen molar-refractivity contribution >= 4 is 49.8 Å². The molecule has 124 valence electrons. The number of thiazole rings is 1. The molecule has 0 aliphatic carbocycles. The first-order valence-corrected chi connectivity index (χ1v) is 9.33. The lowest BCUT2D eigenvalue weighted by Gasteiger charge is -2.13. The summed E-state index contributed by atoms with van der Waals surface area (Å²) < 4.78 is 1.06. The molecule has 0 saturated carbocycles. The van der Waals surface area contributed by atoms with Crippen LogP contribution in [0.5, 0.6) is 0 Å². The number of hydrogen-bond acceptors (Lipinski definition) is 5. The van der Waals surface area contributed by atoms with Crippen LogP contribution in [0.25, 0.3) is 10.2 Å². The molecule has 0 aliphatic rings. The summed E-state index contributed by atoms with van der Waals surface area (Å²) in [5.41, 5.74) is 1.57. The molecule has 2 amide bonds. The van der Waals surface area contributed by atoms with Crippen LogP contribution in [-0.2, 0) is 4.79 Å². The molecule has 7 heteroatoms. The number of nitrogens with zero attached hydrogens (tertiary/aromatic N) is 2. The van der Waals surface area contributed by atoms with Gasteiger partial charge in [0.2, 0.25) is 5.91 Å². The van der Waals surface area contributed by atoms with Gasteiger partial charge in [-0.25, -0.2) is 4.98 Å². The van der Waals surface area contributed by atoms with Gasteiger partial charge in [-0.2, -0.15) is 11.3 Å². The Hall–Kier alpha value is -2.25. The fourth-order valence-corrected chi connectivity index (χ4v) is 3.80. The predicted octanol–water partition coefficient (Wildman–Crippen LogP) is 3.53. The van der Waals surface area contributed by atoms with Crippen LogP contribution in [0.3, 0.4) is 0 Å². The first kappa shape index (κ1) is 16.6. The number of hydrogen-bond donors (Lipinski definition) is 1. The van der Waals surface area contributed by atoms with Crippen molar-refractivity contribution in [1.29, 1.82) is 0 Å². The number of aromatic nitrogens is 1. The van der Waals surface area contributed by atoms with Crippen molar-refractivity contribution in [2.24, 2.45) is 0 Å². The molecule has 24 heavy (non-hydrogen) atoms. The minimum atomic E-state index is -0.0942. The third-order valence-corrected chi connectivity index (χ3v) is 5.38. The fourth-order valence-electron chi connectivity index (χ4n) is 2.22. The Morgan fingerprint density at radius 1 is 1.25 bits per heavy atom. The van der Waals surface area contributed by atoms with E-state index in [2.05, 4.69) is 10.3 Å². The first-order chi connectivity index (χ1) is 11.6. The van der Waals surface area contributed by atoms with E-state index in [0.29, 0.717) is 30.1 Å². The highest BCUT2D eigenvalue weighted by Gasteiger charge is 2.15. The summed E-state index contributed by atoms with van der Waals surface area (Å²) in [4.78, 5) is 30.1. The molecule has 3 aromatic rings. The smallest absolute Gasteiger partial charge is 0.252 e. The zero-order valence-corrected chi connectivity index (χ0v) is 14.8. The lowest BCUT2D eigenvalue weighted by atomic mass is 10.2. The highest BCUT2D eigenvalue weighted by molar-refractivity contribution is 7.22. The van der Waals surface area contributed by atoms with Crippen molar-refractivity contribution in [2.75, 3.05) is 18.5 Å². The Morgan fingerprint density at radius 3 is 2.83 bits per heavy atom. The molecule has 0 fully saturated rings. The zero-order chi connectivity index (χ0) is 16.9. The van der Waals surface area contributed by atoms with Crippen molar-refractivity contribution in [3.05, 3.63) is 46.7 Å². The summed E-state index contributed by atoms with van der Waals surface area (Å²) in [7, 11) is 1.74. The van der Waals surface area contributed by atoms with Crippen LogP contribution in [0.15, 0.2) is 41.1 Å². The van der Waals surface area contributed by atoms with E-state index in [1.165, 1.54) is 22.7 Å². The SMILES string of the molecule is CN(C(=O)CCCNC(=O)c1ccsc1)c1nc2ccccc2s1. The van der Waals surface area contributed by atoms with Crippen molar-refractivity contribution in [3.8, 4) is 0 Å². The molecular weight excluding hydrogens is 342 g/mol. The Labute approximate surface area is 147 Å². The van der Waals surface area contributed by atoms with E-state index in [-0.39, 0.29) is 11.8 Å². The number of anilines is 1. The summed E-state index contributed by atoms with van der Waals surface area (Å²) in [5.74, 6) is -0.0953. The molecule has 0 spiro atoms. The lowest BCUT2D eigenvalue weighted by Crippen LogP contribution is -2.28. The molecule has 3 rings (SSSR count). The van der Waals surface area contributed by atoms with Gasteiger partial charge in [0.05, 0.1) is 10.2 Å². The van der Waals surface area contributed by atoms with Gasteiger partial charge in [0.15, 0.2) is 5.13 Å². The number of thiophene rings is 1. The quantitative estimate of drug-likeness (QED) is 0.685. The van der Waals surface area contributed by atoms with E-state index >= 15 is 0 Å². The largest absolute Gasteiger partial charge is 0.352 e. The minimum Gasteiger partial charge on any atom is -0.352 e. The van der Waals surface area contributed by atoms with Crippen molar-refractivity contribution in [3.63, 3.8) is 0 Å². The Balaban J connectivity index is 1.48.